The van der Waals surface area contributed by atoms with Crippen molar-refractivity contribution in [2.75, 3.05) is 26.2 Å². The molecular weight excluding hydrogens is 208 g/mol. The van der Waals surface area contributed by atoms with Gasteiger partial charge in [-0.15, -0.1) is 0 Å². The Labute approximate surface area is 107 Å². The molecule has 1 saturated carbocycles. The molecule has 0 bridgehead atoms. The van der Waals surface area contributed by atoms with Crippen molar-refractivity contribution in [3.05, 3.63) is 0 Å². The molecule has 100 valence electrons. The first-order valence-electron chi connectivity index (χ1n) is 7.71. The summed E-state index contributed by atoms with van der Waals surface area (Å²) in [6.45, 7) is 9.96. The zero-order valence-corrected chi connectivity index (χ0v) is 11.8. The molecule has 3 unspecified atom stereocenters. The first-order chi connectivity index (χ1) is 8.25. The van der Waals surface area contributed by atoms with E-state index in [1.807, 2.05) is 0 Å². The molecule has 2 heteroatoms. The lowest BCUT2D eigenvalue weighted by atomic mass is 9.79. The molecule has 2 nitrogen and oxygen atoms in total. The van der Waals surface area contributed by atoms with Crippen LogP contribution in [-0.4, -0.2) is 37.1 Å². The molecule has 1 saturated heterocycles. The third kappa shape index (κ3) is 4.26. The Morgan fingerprint density at radius 3 is 2.47 bits per heavy atom. The highest BCUT2D eigenvalue weighted by Gasteiger charge is 2.23. The highest BCUT2D eigenvalue weighted by molar-refractivity contribution is 4.80. The van der Waals surface area contributed by atoms with Crippen LogP contribution in [0.1, 0.15) is 52.4 Å². The van der Waals surface area contributed by atoms with Gasteiger partial charge in [0, 0.05) is 19.1 Å². The van der Waals surface area contributed by atoms with Crippen molar-refractivity contribution in [3.8, 4) is 0 Å². The fraction of sp³-hybridized carbons (Fsp3) is 1.00. The summed E-state index contributed by atoms with van der Waals surface area (Å²) in [5.41, 5.74) is 0. The Kier molecular flexibility index (Phi) is 5.30. The van der Waals surface area contributed by atoms with Gasteiger partial charge in [0.25, 0.3) is 0 Å². The first-order valence-corrected chi connectivity index (χ1v) is 7.71. The second-order valence-corrected chi connectivity index (χ2v) is 6.32. The zero-order valence-electron chi connectivity index (χ0n) is 11.8. The molecule has 0 spiro atoms. The molecule has 0 aromatic carbocycles. The van der Waals surface area contributed by atoms with Crippen LogP contribution in [0.4, 0.5) is 0 Å². The van der Waals surface area contributed by atoms with Crippen LogP contribution in [0, 0.1) is 11.8 Å². The Hall–Kier alpha value is -0.0800. The lowest BCUT2D eigenvalue weighted by molar-refractivity contribution is 0.201. The number of piperidine rings is 1. The van der Waals surface area contributed by atoms with Crippen LogP contribution in [0.15, 0.2) is 0 Å². The largest absolute Gasteiger partial charge is 0.313 e. The first kappa shape index (κ1) is 13.4. The van der Waals surface area contributed by atoms with Gasteiger partial charge in [-0.1, -0.05) is 20.3 Å². The summed E-state index contributed by atoms with van der Waals surface area (Å²) in [4.78, 5) is 2.63. The SMILES string of the molecule is CC1CCC(NCCN2CCCCC2)CC1C. The van der Waals surface area contributed by atoms with E-state index < -0.39 is 0 Å². The molecule has 2 aliphatic rings. The third-order valence-electron chi connectivity index (χ3n) is 4.91. The zero-order chi connectivity index (χ0) is 12.1. The molecule has 17 heavy (non-hydrogen) atoms. The van der Waals surface area contributed by atoms with E-state index in [2.05, 4.69) is 24.1 Å². The second kappa shape index (κ2) is 6.75. The van der Waals surface area contributed by atoms with Gasteiger partial charge in [-0.25, -0.2) is 0 Å². The summed E-state index contributed by atoms with van der Waals surface area (Å²) < 4.78 is 0. The minimum Gasteiger partial charge on any atom is -0.313 e. The average Bonchev–Trinajstić information content (AvgIpc) is 2.35. The van der Waals surface area contributed by atoms with Crippen LogP contribution in [0.25, 0.3) is 0 Å². The predicted octanol–water partition coefficient (Wildman–Crippen LogP) is 2.89. The lowest BCUT2D eigenvalue weighted by Crippen LogP contribution is -2.41. The maximum absolute atomic E-state index is 3.78. The molecule has 3 atom stereocenters. The molecule has 0 amide bonds. The van der Waals surface area contributed by atoms with Crippen LogP contribution >= 0.6 is 0 Å². The minimum absolute atomic E-state index is 0.797. The van der Waals surface area contributed by atoms with Crippen molar-refractivity contribution in [2.45, 2.75) is 58.4 Å². The summed E-state index contributed by atoms with van der Waals surface area (Å²) in [6.07, 6.45) is 8.48. The molecule has 1 aliphatic heterocycles. The van der Waals surface area contributed by atoms with Crippen molar-refractivity contribution in [1.82, 2.24) is 10.2 Å². The van der Waals surface area contributed by atoms with Gasteiger partial charge in [-0.3, -0.25) is 0 Å². The van der Waals surface area contributed by atoms with E-state index in [4.69, 9.17) is 0 Å². The number of nitrogens with zero attached hydrogens (tertiary/aromatic N) is 1. The van der Waals surface area contributed by atoms with Crippen molar-refractivity contribution in [1.29, 1.82) is 0 Å². The molecule has 0 radical (unpaired) electrons. The van der Waals surface area contributed by atoms with Crippen molar-refractivity contribution in [3.63, 3.8) is 0 Å². The Bertz CT molecular complexity index is 211. The van der Waals surface area contributed by atoms with E-state index in [1.165, 1.54) is 64.7 Å². The van der Waals surface area contributed by atoms with E-state index in [9.17, 15) is 0 Å². The van der Waals surface area contributed by atoms with Gasteiger partial charge in [0.05, 0.1) is 0 Å². The summed E-state index contributed by atoms with van der Waals surface area (Å²) in [5.74, 6) is 1.85. The number of likely N-dealkylation sites (tertiary alicyclic amines) is 1. The predicted molar refractivity (Wildman–Crippen MR) is 74.3 cm³/mol. The van der Waals surface area contributed by atoms with Gasteiger partial charge in [0.2, 0.25) is 0 Å². The maximum atomic E-state index is 3.78. The normalized spacial score (nSPS) is 36.0. The summed E-state index contributed by atoms with van der Waals surface area (Å²) in [5, 5.41) is 3.78. The molecule has 0 aromatic heterocycles. The van der Waals surface area contributed by atoms with Crippen LogP contribution in [-0.2, 0) is 0 Å². The molecule has 1 heterocycles. The van der Waals surface area contributed by atoms with Gasteiger partial charge < -0.3 is 10.2 Å². The van der Waals surface area contributed by atoms with E-state index in [0.717, 1.165) is 17.9 Å². The van der Waals surface area contributed by atoms with Crippen LogP contribution < -0.4 is 5.32 Å². The monoisotopic (exact) mass is 238 g/mol. The highest BCUT2D eigenvalue weighted by Crippen LogP contribution is 2.29. The smallest absolute Gasteiger partial charge is 0.0107 e. The van der Waals surface area contributed by atoms with Crippen LogP contribution in [0.3, 0.4) is 0 Å². The fourth-order valence-corrected chi connectivity index (χ4v) is 3.34. The summed E-state index contributed by atoms with van der Waals surface area (Å²) >= 11 is 0. The fourth-order valence-electron chi connectivity index (χ4n) is 3.34. The van der Waals surface area contributed by atoms with E-state index >= 15 is 0 Å². The minimum atomic E-state index is 0.797. The number of rotatable bonds is 4. The standard InChI is InChI=1S/C15H30N2/c1-13-6-7-15(12-14(13)2)16-8-11-17-9-4-3-5-10-17/h13-16H,3-12H2,1-2H3. The number of hydrogen-bond acceptors (Lipinski definition) is 2. The van der Waals surface area contributed by atoms with Crippen molar-refractivity contribution in [2.24, 2.45) is 11.8 Å². The highest BCUT2D eigenvalue weighted by atomic mass is 15.1. The molecule has 0 aromatic rings. The molecule has 1 N–H and O–H groups in total. The summed E-state index contributed by atoms with van der Waals surface area (Å²) in [6, 6.07) is 0.797. The van der Waals surface area contributed by atoms with Crippen LogP contribution in [0.5, 0.6) is 0 Å². The number of nitrogens with one attached hydrogen (secondary N) is 1. The average molecular weight is 238 g/mol. The van der Waals surface area contributed by atoms with E-state index in [-0.39, 0.29) is 0 Å². The van der Waals surface area contributed by atoms with Gasteiger partial charge in [-0.2, -0.15) is 0 Å². The Morgan fingerprint density at radius 2 is 1.76 bits per heavy atom. The quantitative estimate of drug-likeness (QED) is 0.810. The van der Waals surface area contributed by atoms with Gasteiger partial charge in [0.15, 0.2) is 0 Å². The van der Waals surface area contributed by atoms with E-state index in [1.54, 1.807) is 0 Å². The molecule has 2 fully saturated rings. The van der Waals surface area contributed by atoms with Gasteiger partial charge in [0.1, 0.15) is 0 Å². The topological polar surface area (TPSA) is 15.3 Å². The maximum Gasteiger partial charge on any atom is 0.0107 e. The second-order valence-electron chi connectivity index (χ2n) is 6.32. The number of hydrogen-bond donors (Lipinski definition) is 1. The molecule has 2 rings (SSSR count). The molecule has 1 aliphatic carbocycles. The van der Waals surface area contributed by atoms with Crippen LogP contribution in [0.2, 0.25) is 0 Å². The van der Waals surface area contributed by atoms with Gasteiger partial charge in [-0.05, 0) is 57.0 Å². The van der Waals surface area contributed by atoms with Crippen molar-refractivity contribution < 1.29 is 0 Å². The van der Waals surface area contributed by atoms with Crippen molar-refractivity contribution >= 4 is 0 Å². The Morgan fingerprint density at radius 1 is 1.00 bits per heavy atom. The Balaban J connectivity index is 1.58. The molecular formula is C15H30N2. The van der Waals surface area contributed by atoms with E-state index in [0.29, 0.717) is 0 Å². The lowest BCUT2D eigenvalue weighted by Gasteiger charge is -2.33. The third-order valence-corrected chi connectivity index (χ3v) is 4.91. The summed E-state index contributed by atoms with van der Waals surface area (Å²) in [7, 11) is 0. The van der Waals surface area contributed by atoms with Gasteiger partial charge >= 0.3 is 0 Å².